The molecule has 0 radical (unpaired) electrons. The maximum Gasteiger partial charge on any atom is 0.165 e. The van der Waals surface area contributed by atoms with Crippen molar-refractivity contribution in [2.45, 2.75) is 78.9 Å². The summed E-state index contributed by atoms with van der Waals surface area (Å²) in [6.45, 7) is 12.7. The molecule has 35 heavy (non-hydrogen) atoms. The molecule has 2 N–H and O–H groups in total. The molecule has 1 fully saturated rings. The van der Waals surface area contributed by atoms with Gasteiger partial charge in [-0.25, -0.2) is 0 Å². The van der Waals surface area contributed by atoms with E-state index in [1.54, 1.807) is 7.11 Å². The second kappa shape index (κ2) is 9.39. The average molecular weight is 477 g/mol. The minimum absolute atomic E-state index is 0.211. The number of rotatable bonds is 5. The van der Waals surface area contributed by atoms with Crippen LogP contribution in [0.1, 0.15) is 75.3 Å². The van der Waals surface area contributed by atoms with Crippen LogP contribution in [0.25, 0.3) is 12.2 Å². The number of hydrogen-bond acceptors (Lipinski definition) is 4. The molecular weight excluding hydrogens is 436 g/mol. The third-order valence-corrected chi connectivity index (χ3v) is 8.20. The van der Waals surface area contributed by atoms with Crippen molar-refractivity contribution in [2.24, 2.45) is 11.3 Å². The summed E-state index contributed by atoms with van der Waals surface area (Å²) in [5.74, 6) is 2.11. The number of benzene rings is 2. The zero-order valence-corrected chi connectivity index (χ0v) is 22.2. The molecular formula is C31H40O4. The van der Waals surface area contributed by atoms with Crippen LogP contribution in [-0.4, -0.2) is 29.0 Å². The van der Waals surface area contributed by atoms with E-state index in [2.05, 4.69) is 58.9 Å². The Morgan fingerprint density at radius 3 is 2.43 bits per heavy atom. The molecule has 0 aromatic heterocycles. The summed E-state index contributed by atoms with van der Waals surface area (Å²) in [7, 11) is 1.68. The van der Waals surface area contributed by atoms with Crippen molar-refractivity contribution in [1.29, 1.82) is 0 Å². The molecule has 188 valence electrons. The summed E-state index contributed by atoms with van der Waals surface area (Å²) in [4.78, 5) is 0. The van der Waals surface area contributed by atoms with Crippen molar-refractivity contribution in [1.82, 2.24) is 0 Å². The molecule has 1 aliphatic heterocycles. The van der Waals surface area contributed by atoms with Gasteiger partial charge in [-0.15, -0.1) is 0 Å². The molecule has 0 bridgehead atoms. The van der Waals surface area contributed by atoms with Crippen molar-refractivity contribution < 1.29 is 19.7 Å². The highest BCUT2D eigenvalue weighted by Gasteiger charge is 2.54. The second-order valence-electron chi connectivity index (χ2n) is 11.4. The first-order chi connectivity index (χ1) is 16.4. The van der Waals surface area contributed by atoms with Crippen LogP contribution >= 0.6 is 0 Å². The van der Waals surface area contributed by atoms with Crippen LogP contribution in [0.4, 0.5) is 0 Å². The Hall–Kier alpha value is -2.72. The molecule has 0 saturated heterocycles. The Morgan fingerprint density at radius 2 is 1.80 bits per heavy atom. The summed E-state index contributed by atoms with van der Waals surface area (Å²) in [5, 5.41) is 21.3. The number of aryl methyl sites for hydroxylation is 1. The highest BCUT2D eigenvalue weighted by molar-refractivity contribution is 5.73. The molecule has 1 saturated carbocycles. The molecule has 1 unspecified atom stereocenters. The molecule has 2 aliphatic rings. The molecule has 0 amide bonds. The van der Waals surface area contributed by atoms with Crippen LogP contribution in [0.2, 0.25) is 0 Å². The predicted molar refractivity (Wildman–Crippen MR) is 143 cm³/mol. The fourth-order valence-corrected chi connectivity index (χ4v) is 5.93. The number of fused-ring (bicyclic) bond motifs is 2. The Bertz CT molecular complexity index is 1150. The van der Waals surface area contributed by atoms with Crippen LogP contribution in [0, 0.1) is 18.3 Å². The van der Waals surface area contributed by atoms with Crippen molar-refractivity contribution in [3.8, 4) is 17.2 Å². The first kappa shape index (κ1) is 25.4. The normalized spacial score (nSPS) is 24.9. The molecule has 2 aromatic carbocycles. The van der Waals surface area contributed by atoms with Crippen molar-refractivity contribution in [3.63, 3.8) is 0 Å². The molecule has 1 heterocycles. The third-order valence-electron chi connectivity index (χ3n) is 8.20. The van der Waals surface area contributed by atoms with Crippen LogP contribution in [0.15, 0.2) is 35.9 Å². The maximum atomic E-state index is 10.7. The van der Waals surface area contributed by atoms with E-state index in [0.29, 0.717) is 5.75 Å². The maximum absolute atomic E-state index is 10.7. The lowest BCUT2D eigenvalue weighted by Crippen LogP contribution is -2.58. The number of ether oxygens (including phenoxy) is 2. The minimum atomic E-state index is -0.327. The number of methoxy groups -OCH3 is 1. The van der Waals surface area contributed by atoms with Gasteiger partial charge >= 0.3 is 0 Å². The lowest BCUT2D eigenvalue weighted by molar-refractivity contribution is -0.138. The van der Waals surface area contributed by atoms with Gasteiger partial charge in [0.15, 0.2) is 11.5 Å². The number of phenolic OH excluding ortho intramolecular Hbond substituents is 1. The zero-order chi connectivity index (χ0) is 25.5. The molecule has 3 atom stereocenters. The Balaban J connectivity index is 1.65. The molecule has 2 aromatic rings. The van der Waals surface area contributed by atoms with Gasteiger partial charge in [-0.3, -0.25) is 0 Å². The SMILES string of the molecule is COc1cc(/C=C/c2cc(C)c(CC=C(C)C)c(O)c2)cc2c1O[C@]1(C)CC[C@@H](O)C(C)(C)C1C2. The summed E-state index contributed by atoms with van der Waals surface area (Å²) in [6, 6.07) is 8.12. The number of aliphatic hydroxyl groups excluding tert-OH is 1. The van der Waals surface area contributed by atoms with E-state index in [1.165, 1.54) is 5.57 Å². The van der Waals surface area contributed by atoms with E-state index in [9.17, 15) is 10.2 Å². The number of hydrogen-bond donors (Lipinski definition) is 2. The quantitative estimate of drug-likeness (QED) is 0.365. The van der Waals surface area contributed by atoms with Gasteiger partial charge in [0.25, 0.3) is 0 Å². The number of allylic oxidation sites excluding steroid dienone is 2. The summed E-state index contributed by atoms with van der Waals surface area (Å²) < 4.78 is 12.4. The van der Waals surface area contributed by atoms with E-state index in [0.717, 1.165) is 65.0 Å². The Morgan fingerprint density at radius 1 is 1.11 bits per heavy atom. The van der Waals surface area contributed by atoms with Gasteiger partial charge < -0.3 is 19.7 Å². The van der Waals surface area contributed by atoms with Gasteiger partial charge in [-0.2, -0.15) is 0 Å². The predicted octanol–water partition coefficient (Wildman–Crippen LogP) is 6.88. The molecule has 0 spiro atoms. The number of aliphatic hydroxyl groups is 1. The number of phenols is 1. The first-order valence-electron chi connectivity index (χ1n) is 12.7. The summed E-state index contributed by atoms with van der Waals surface area (Å²) in [6.07, 6.45) is 9.05. The van der Waals surface area contributed by atoms with Crippen molar-refractivity contribution >= 4 is 12.2 Å². The third kappa shape index (κ3) is 4.86. The smallest absolute Gasteiger partial charge is 0.165 e. The minimum Gasteiger partial charge on any atom is -0.508 e. The lowest BCUT2D eigenvalue weighted by atomic mass is 9.57. The van der Waals surface area contributed by atoms with Crippen LogP contribution in [-0.2, 0) is 12.8 Å². The van der Waals surface area contributed by atoms with E-state index in [4.69, 9.17) is 9.47 Å². The topological polar surface area (TPSA) is 58.9 Å². The van der Waals surface area contributed by atoms with Gasteiger partial charge in [-0.05, 0) is 99.2 Å². The van der Waals surface area contributed by atoms with Crippen LogP contribution < -0.4 is 9.47 Å². The summed E-state index contributed by atoms with van der Waals surface area (Å²) in [5.41, 5.74) is 5.83. The largest absolute Gasteiger partial charge is 0.508 e. The van der Waals surface area contributed by atoms with Crippen LogP contribution in [0.3, 0.4) is 0 Å². The van der Waals surface area contributed by atoms with Gasteiger partial charge in [0, 0.05) is 11.5 Å². The molecule has 1 aliphatic carbocycles. The monoisotopic (exact) mass is 476 g/mol. The van der Waals surface area contributed by atoms with E-state index in [-0.39, 0.29) is 23.0 Å². The lowest BCUT2D eigenvalue weighted by Gasteiger charge is -2.55. The molecule has 4 rings (SSSR count). The zero-order valence-electron chi connectivity index (χ0n) is 22.2. The Labute approximate surface area is 210 Å². The van der Waals surface area contributed by atoms with E-state index >= 15 is 0 Å². The molecule has 4 nitrogen and oxygen atoms in total. The van der Waals surface area contributed by atoms with E-state index in [1.807, 2.05) is 25.1 Å². The number of aromatic hydroxyl groups is 1. The van der Waals surface area contributed by atoms with Gasteiger partial charge in [0.05, 0.1) is 13.2 Å². The van der Waals surface area contributed by atoms with Crippen molar-refractivity contribution in [2.75, 3.05) is 7.11 Å². The van der Waals surface area contributed by atoms with Crippen molar-refractivity contribution in [3.05, 3.63) is 63.7 Å². The highest BCUT2D eigenvalue weighted by Crippen LogP contribution is 2.54. The van der Waals surface area contributed by atoms with Gasteiger partial charge in [-0.1, -0.05) is 43.7 Å². The van der Waals surface area contributed by atoms with E-state index < -0.39 is 0 Å². The first-order valence-corrected chi connectivity index (χ1v) is 12.7. The highest BCUT2D eigenvalue weighted by atomic mass is 16.5. The average Bonchev–Trinajstić information content (AvgIpc) is 2.78. The fourth-order valence-electron chi connectivity index (χ4n) is 5.93. The second-order valence-corrected chi connectivity index (χ2v) is 11.4. The fraction of sp³-hybridized carbons (Fsp3) is 0.484. The summed E-state index contributed by atoms with van der Waals surface area (Å²) >= 11 is 0. The Kier molecular flexibility index (Phi) is 6.80. The van der Waals surface area contributed by atoms with Gasteiger partial charge in [0.2, 0.25) is 0 Å². The van der Waals surface area contributed by atoms with Crippen LogP contribution in [0.5, 0.6) is 17.2 Å². The van der Waals surface area contributed by atoms with Gasteiger partial charge in [0.1, 0.15) is 11.4 Å². The standard InChI is InChI=1S/C31H40O4/c1-19(2)8-11-24-20(3)14-21(16-25(24)32)9-10-22-15-23-18-27-30(4,5)28(33)12-13-31(27,6)35-29(23)26(17-22)34-7/h8-10,14-17,27-28,32-33H,11-13,18H2,1-7H3/b10-9+/t27?,28-,31-/m1/s1. The molecule has 4 heteroatoms.